The number of anilines is 1. The normalized spacial score (nSPS) is 15.3. The number of aliphatic hydroxyl groups is 1. The number of halogens is 1. The molecule has 0 fully saturated rings. The number of fused-ring (bicyclic) bond motifs is 1. The van der Waals surface area contributed by atoms with Crippen molar-refractivity contribution in [2.75, 3.05) is 32.1 Å². The fraction of sp³-hybridized carbons (Fsp3) is 0.263. The van der Waals surface area contributed by atoms with Crippen LogP contribution in [0.25, 0.3) is 11.3 Å². The van der Waals surface area contributed by atoms with E-state index < -0.39 is 11.9 Å². The molecule has 1 aromatic carbocycles. The van der Waals surface area contributed by atoms with Gasteiger partial charge in [0.25, 0.3) is 5.91 Å². The van der Waals surface area contributed by atoms with E-state index in [1.54, 1.807) is 35.7 Å². The van der Waals surface area contributed by atoms with Crippen LogP contribution in [-0.4, -0.2) is 49.1 Å². The molecule has 0 radical (unpaired) electrons. The van der Waals surface area contributed by atoms with E-state index in [0.29, 0.717) is 27.7 Å². The zero-order valence-electron chi connectivity index (χ0n) is 15.0. The molecule has 8 heteroatoms. The van der Waals surface area contributed by atoms with Crippen molar-refractivity contribution < 1.29 is 14.7 Å². The van der Waals surface area contributed by atoms with Crippen molar-refractivity contribution in [1.29, 1.82) is 0 Å². The lowest BCUT2D eigenvalue weighted by molar-refractivity contribution is -0.112. The van der Waals surface area contributed by atoms with Crippen LogP contribution in [0.2, 0.25) is 5.02 Å². The third-order valence-corrected chi connectivity index (χ3v) is 5.25. The highest BCUT2D eigenvalue weighted by atomic mass is 35.5. The van der Waals surface area contributed by atoms with Crippen LogP contribution in [0.5, 0.6) is 0 Å². The Labute approximate surface area is 166 Å². The number of carbonyl (C=O) groups excluding carboxylic acids is 2. The van der Waals surface area contributed by atoms with Crippen LogP contribution in [-0.2, 0) is 4.79 Å². The largest absolute Gasteiger partial charge is 0.506 e. The van der Waals surface area contributed by atoms with Crippen molar-refractivity contribution >= 4 is 51.9 Å². The summed E-state index contributed by atoms with van der Waals surface area (Å²) in [4.78, 5) is 29.3. The van der Waals surface area contributed by atoms with Crippen molar-refractivity contribution in [3.8, 4) is 0 Å². The van der Waals surface area contributed by atoms with Crippen molar-refractivity contribution in [3.63, 3.8) is 0 Å². The van der Waals surface area contributed by atoms with Gasteiger partial charge in [0.2, 0.25) is 0 Å². The second-order valence-corrected chi connectivity index (χ2v) is 7.78. The molecule has 3 amide bonds. The molecule has 0 spiro atoms. The first kappa shape index (κ1) is 19.4. The average molecular weight is 406 g/mol. The van der Waals surface area contributed by atoms with Crippen LogP contribution in [0.3, 0.4) is 0 Å². The number of nitrogens with one attached hydrogen (secondary N) is 1. The van der Waals surface area contributed by atoms with E-state index in [-0.39, 0.29) is 11.3 Å². The van der Waals surface area contributed by atoms with Gasteiger partial charge in [-0.2, -0.15) is 0 Å². The van der Waals surface area contributed by atoms with Gasteiger partial charge in [0.1, 0.15) is 5.76 Å². The van der Waals surface area contributed by atoms with Gasteiger partial charge in [0.15, 0.2) is 0 Å². The lowest BCUT2D eigenvalue weighted by Gasteiger charge is -2.17. The minimum atomic E-state index is -0.566. The molecule has 2 N–H and O–H groups in total. The molecule has 0 unspecified atom stereocenters. The molecule has 0 saturated heterocycles. The third-order valence-electron chi connectivity index (χ3n) is 4.14. The fourth-order valence-corrected chi connectivity index (χ4v) is 3.72. The molecule has 3 rings (SSSR count). The Hall–Kier alpha value is -2.35. The van der Waals surface area contributed by atoms with Gasteiger partial charge in [0.05, 0.1) is 16.1 Å². The summed E-state index contributed by atoms with van der Waals surface area (Å²) in [5, 5.41) is 15.6. The Morgan fingerprint density at radius 1 is 1.33 bits per heavy atom. The number of aliphatic hydroxyl groups excluding tert-OH is 1. The Morgan fingerprint density at radius 3 is 2.78 bits per heavy atom. The highest BCUT2D eigenvalue weighted by Gasteiger charge is 2.39. The topological polar surface area (TPSA) is 72.9 Å². The summed E-state index contributed by atoms with van der Waals surface area (Å²) in [5.41, 5.74) is 0.938. The number of rotatable bonds is 5. The number of benzene rings is 1. The summed E-state index contributed by atoms with van der Waals surface area (Å²) in [5.74, 6) is -0.718. The van der Waals surface area contributed by atoms with Gasteiger partial charge in [-0.3, -0.25) is 4.79 Å². The maximum atomic E-state index is 13.0. The van der Waals surface area contributed by atoms with Crippen LogP contribution < -0.4 is 10.2 Å². The molecule has 1 aromatic heterocycles. The molecule has 0 saturated carbocycles. The third kappa shape index (κ3) is 4.00. The maximum Gasteiger partial charge on any atom is 0.329 e. The minimum absolute atomic E-state index is 0.0818. The minimum Gasteiger partial charge on any atom is -0.506 e. The molecule has 1 aliphatic rings. The number of hydrogen-bond donors (Lipinski definition) is 2. The van der Waals surface area contributed by atoms with Crippen molar-refractivity contribution in [2.24, 2.45) is 0 Å². The van der Waals surface area contributed by atoms with E-state index in [9.17, 15) is 14.7 Å². The van der Waals surface area contributed by atoms with Crippen molar-refractivity contribution in [2.45, 2.75) is 6.42 Å². The Morgan fingerprint density at radius 2 is 2.11 bits per heavy atom. The summed E-state index contributed by atoms with van der Waals surface area (Å²) in [6.07, 6.45) is 0.761. The van der Waals surface area contributed by atoms with E-state index in [1.807, 2.05) is 19.0 Å². The monoisotopic (exact) mass is 405 g/mol. The summed E-state index contributed by atoms with van der Waals surface area (Å²) in [6.45, 7) is 1.27. The van der Waals surface area contributed by atoms with Crippen LogP contribution in [0, 0.1) is 0 Å². The Balaban J connectivity index is 1.92. The molecule has 2 heterocycles. The average Bonchev–Trinajstić information content (AvgIpc) is 3.23. The maximum absolute atomic E-state index is 13.0. The zero-order valence-corrected chi connectivity index (χ0v) is 16.6. The number of carbonyl (C=O) groups is 2. The van der Waals surface area contributed by atoms with E-state index >= 15 is 0 Å². The summed E-state index contributed by atoms with van der Waals surface area (Å²) < 4.78 is 0. The predicted octanol–water partition coefficient (Wildman–Crippen LogP) is 3.84. The molecule has 0 atom stereocenters. The summed E-state index contributed by atoms with van der Waals surface area (Å²) in [6, 6.07) is 7.80. The number of nitrogens with zero attached hydrogens (tertiary/aromatic N) is 2. The number of hydrogen-bond acceptors (Lipinski definition) is 5. The van der Waals surface area contributed by atoms with Crippen LogP contribution >= 0.6 is 22.9 Å². The fourth-order valence-electron chi connectivity index (χ4n) is 2.88. The van der Waals surface area contributed by atoms with Crippen molar-refractivity contribution in [3.05, 3.63) is 51.2 Å². The standard InChI is InChI=1S/C19H20ClN3O3S/c1-22(2)9-4-8-21-19(26)23-14-7-6-12(20)11-13(14)16(18(23)25)17(24)15-5-3-10-27-15/h3,5-7,10-11,24H,4,8-9H2,1-2H3,(H,21,26)/b17-16-. The van der Waals surface area contributed by atoms with Gasteiger partial charge < -0.3 is 15.3 Å². The molecule has 2 aromatic rings. The number of imide groups is 1. The molecular formula is C19H20ClN3O3S. The smallest absolute Gasteiger partial charge is 0.329 e. The predicted molar refractivity (Wildman–Crippen MR) is 109 cm³/mol. The Bertz CT molecular complexity index is 894. The van der Waals surface area contributed by atoms with Crippen LogP contribution in [0.15, 0.2) is 35.7 Å². The Kier molecular flexibility index (Phi) is 5.84. The van der Waals surface area contributed by atoms with E-state index in [4.69, 9.17) is 11.6 Å². The zero-order chi connectivity index (χ0) is 19.6. The highest BCUT2D eigenvalue weighted by Crippen LogP contribution is 2.42. The summed E-state index contributed by atoms with van der Waals surface area (Å²) in [7, 11) is 3.91. The first-order valence-corrected chi connectivity index (χ1v) is 9.70. The molecule has 0 aliphatic carbocycles. The molecule has 27 heavy (non-hydrogen) atoms. The van der Waals surface area contributed by atoms with Crippen molar-refractivity contribution in [1.82, 2.24) is 10.2 Å². The second-order valence-electron chi connectivity index (χ2n) is 6.39. The van der Waals surface area contributed by atoms with Crippen LogP contribution in [0.4, 0.5) is 10.5 Å². The summed E-state index contributed by atoms with van der Waals surface area (Å²) >= 11 is 7.40. The van der Waals surface area contributed by atoms with Gasteiger partial charge in [0, 0.05) is 17.1 Å². The van der Waals surface area contributed by atoms with Gasteiger partial charge in [-0.05, 0) is 56.7 Å². The van der Waals surface area contributed by atoms with E-state index in [2.05, 4.69) is 5.32 Å². The molecule has 142 valence electrons. The number of amides is 3. The SMILES string of the molecule is CN(C)CCCNC(=O)N1C(=O)/C(=C(\O)c2cccs2)c2cc(Cl)ccc21. The van der Waals surface area contributed by atoms with Crippen LogP contribution in [0.1, 0.15) is 16.9 Å². The molecule has 6 nitrogen and oxygen atoms in total. The first-order chi connectivity index (χ1) is 12.9. The van der Waals surface area contributed by atoms with E-state index in [0.717, 1.165) is 17.9 Å². The number of thiophene rings is 1. The van der Waals surface area contributed by atoms with Gasteiger partial charge in [-0.25, -0.2) is 9.69 Å². The van der Waals surface area contributed by atoms with Gasteiger partial charge >= 0.3 is 6.03 Å². The van der Waals surface area contributed by atoms with E-state index in [1.165, 1.54) is 11.3 Å². The number of urea groups is 1. The second kappa shape index (κ2) is 8.12. The van der Waals surface area contributed by atoms with Gasteiger partial charge in [-0.1, -0.05) is 17.7 Å². The highest BCUT2D eigenvalue weighted by molar-refractivity contribution is 7.11. The lowest BCUT2D eigenvalue weighted by Crippen LogP contribution is -2.42. The first-order valence-electron chi connectivity index (χ1n) is 8.44. The quantitative estimate of drug-likeness (QED) is 0.450. The molecule has 0 bridgehead atoms. The molecular weight excluding hydrogens is 386 g/mol. The molecule has 1 aliphatic heterocycles. The lowest BCUT2D eigenvalue weighted by atomic mass is 10.1. The van der Waals surface area contributed by atoms with Gasteiger partial charge in [-0.15, -0.1) is 11.3 Å².